The van der Waals surface area contributed by atoms with Gasteiger partial charge in [0.1, 0.15) is 5.75 Å². The van der Waals surface area contributed by atoms with Crippen molar-refractivity contribution in [2.24, 2.45) is 4.99 Å². The number of aliphatic imine (C=N–C) groups is 1. The minimum atomic E-state index is -0.397. The molecule has 162 valence electrons. The molecular weight excluding hydrogens is 412 g/mol. The van der Waals surface area contributed by atoms with Crippen molar-refractivity contribution in [2.75, 3.05) is 5.32 Å². The van der Waals surface area contributed by atoms with E-state index in [9.17, 15) is 9.59 Å². The fourth-order valence-corrected chi connectivity index (χ4v) is 3.05. The van der Waals surface area contributed by atoms with Crippen LogP contribution in [-0.4, -0.2) is 18.1 Å². The van der Waals surface area contributed by atoms with E-state index in [0.29, 0.717) is 22.6 Å². The van der Waals surface area contributed by atoms with Crippen LogP contribution in [0.4, 0.5) is 11.4 Å². The molecule has 5 nitrogen and oxygen atoms in total. The zero-order valence-electron chi connectivity index (χ0n) is 18.1. The fraction of sp³-hybridized carbons (Fsp3) is 0.0357. The van der Waals surface area contributed by atoms with E-state index in [1.165, 1.54) is 0 Å². The lowest BCUT2D eigenvalue weighted by Crippen LogP contribution is -2.11. The number of carbonyl (C=O) groups is 2. The van der Waals surface area contributed by atoms with Crippen molar-refractivity contribution in [3.63, 3.8) is 0 Å². The maximum Gasteiger partial charge on any atom is 0.343 e. The summed E-state index contributed by atoms with van der Waals surface area (Å²) in [5, 5.41) is 2.88. The second-order valence-electron chi connectivity index (χ2n) is 7.45. The summed E-state index contributed by atoms with van der Waals surface area (Å²) in [7, 11) is 0. The summed E-state index contributed by atoms with van der Waals surface area (Å²) in [6, 6.07) is 30.7. The molecule has 0 aliphatic carbocycles. The third-order valence-electron chi connectivity index (χ3n) is 4.90. The Labute approximate surface area is 192 Å². The summed E-state index contributed by atoms with van der Waals surface area (Å²) >= 11 is 0. The fourth-order valence-electron chi connectivity index (χ4n) is 3.05. The van der Waals surface area contributed by atoms with E-state index in [1.54, 1.807) is 54.7 Å². The van der Waals surface area contributed by atoms with Crippen molar-refractivity contribution in [3.8, 4) is 5.75 Å². The molecule has 0 aliphatic heterocycles. The van der Waals surface area contributed by atoms with Crippen LogP contribution in [-0.2, 0) is 0 Å². The average Bonchev–Trinajstić information content (AvgIpc) is 2.85. The van der Waals surface area contributed by atoms with Crippen molar-refractivity contribution in [1.29, 1.82) is 0 Å². The van der Waals surface area contributed by atoms with E-state index in [4.69, 9.17) is 4.74 Å². The standard InChI is InChI=1S/C28H22N2O3/c1-20-7-11-22(12-8-20)27(31)30-25-15-13-24(14-16-25)29-19-21-9-17-26(18-10-21)33-28(32)23-5-3-2-4-6-23/h2-19H,1H3,(H,30,31). The monoisotopic (exact) mass is 434 g/mol. The summed E-state index contributed by atoms with van der Waals surface area (Å²) in [6.45, 7) is 1.98. The topological polar surface area (TPSA) is 67.8 Å². The molecule has 1 amide bonds. The summed E-state index contributed by atoms with van der Waals surface area (Å²) < 4.78 is 5.38. The Kier molecular flexibility index (Phi) is 6.71. The van der Waals surface area contributed by atoms with E-state index in [0.717, 1.165) is 16.8 Å². The lowest BCUT2D eigenvalue weighted by molar-refractivity contribution is 0.0734. The summed E-state index contributed by atoms with van der Waals surface area (Å²) in [5.74, 6) is -0.0828. The van der Waals surface area contributed by atoms with Gasteiger partial charge in [-0.05, 0) is 85.3 Å². The van der Waals surface area contributed by atoms with Crippen molar-refractivity contribution in [3.05, 3.63) is 125 Å². The molecule has 0 radical (unpaired) electrons. The van der Waals surface area contributed by atoms with E-state index in [2.05, 4.69) is 10.3 Å². The molecule has 33 heavy (non-hydrogen) atoms. The highest BCUT2D eigenvalue weighted by atomic mass is 16.5. The van der Waals surface area contributed by atoms with E-state index in [1.807, 2.05) is 61.5 Å². The Bertz CT molecular complexity index is 1260. The first-order chi connectivity index (χ1) is 16.1. The van der Waals surface area contributed by atoms with Gasteiger partial charge in [0.05, 0.1) is 11.3 Å². The number of nitrogens with one attached hydrogen (secondary N) is 1. The molecule has 0 saturated heterocycles. The van der Waals surface area contributed by atoms with E-state index >= 15 is 0 Å². The Morgan fingerprint density at radius 3 is 2.09 bits per heavy atom. The molecule has 0 aliphatic rings. The summed E-state index contributed by atoms with van der Waals surface area (Å²) in [6.07, 6.45) is 1.72. The number of anilines is 1. The van der Waals surface area contributed by atoms with Gasteiger partial charge >= 0.3 is 5.97 Å². The molecule has 1 N–H and O–H groups in total. The van der Waals surface area contributed by atoms with Crippen LogP contribution in [0.1, 0.15) is 31.8 Å². The van der Waals surface area contributed by atoms with Crippen molar-refractivity contribution >= 4 is 29.5 Å². The Hall–Kier alpha value is -4.51. The number of nitrogens with zero attached hydrogens (tertiary/aromatic N) is 1. The quantitative estimate of drug-likeness (QED) is 0.223. The van der Waals surface area contributed by atoms with Crippen molar-refractivity contribution in [1.82, 2.24) is 0 Å². The second kappa shape index (κ2) is 10.2. The van der Waals surface area contributed by atoms with Crippen LogP contribution in [0.5, 0.6) is 5.75 Å². The smallest absolute Gasteiger partial charge is 0.343 e. The first-order valence-corrected chi connectivity index (χ1v) is 10.5. The number of hydrogen-bond donors (Lipinski definition) is 1. The van der Waals surface area contributed by atoms with Crippen molar-refractivity contribution < 1.29 is 14.3 Å². The van der Waals surface area contributed by atoms with Crippen LogP contribution in [0.3, 0.4) is 0 Å². The molecule has 0 atom stereocenters. The van der Waals surface area contributed by atoms with Crippen LogP contribution in [0, 0.1) is 6.92 Å². The predicted octanol–water partition coefficient (Wildman–Crippen LogP) is 6.22. The van der Waals surface area contributed by atoms with Crippen molar-refractivity contribution in [2.45, 2.75) is 6.92 Å². The van der Waals surface area contributed by atoms with E-state index in [-0.39, 0.29) is 5.91 Å². The van der Waals surface area contributed by atoms with Gasteiger partial charge in [-0.3, -0.25) is 9.79 Å². The van der Waals surface area contributed by atoms with Crippen LogP contribution in [0.2, 0.25) is 0 Å². The van der Waals surface area contributed by atoms with Gasteiger partial charge < -0.3 is 10.1 Å². The first kappa shape index (κ1) is 21.7. The SMILES string of the molecule is Cc1ccc(C(=O)Nc2ccc(N=Cc3ccc(OC(=O)c4ccccc4)cc3)cc2)cc1. The zero-order chi connectivity index (χ0) is 23.0. The van der Waals surface area contributed by atoms with Gasteiger partial charge in [-0.1, -0.05) is 35.9 Å². The molecule has 0 bridgehead atoms. The van der Waals surface area contributed by atoms with Gasteiger partial charge in [-0.2, -0.15) is 0 Å². The highest BCUT2D eigenvalue weighted by Gasteiger charge is 2.07. The maximum absolute atomic E-state index is 12.3. The Morgan fingerprint density at radius 2 is 1.42 bits per heavy atom. The third-order valence-corrected chi connectivity index (χ3v) is 4.90. The summed E-state index contributed by atoms with van der Waals surface area (Å²) in [5.41, 5.74) is 4.54. The number of rotatable bonds is 6. The van der Waals surface area contributed by atoms with E-state index < -0.39 is 5.97 Å². The molecule has 0 unspecified atom stereocenters. The normalized spacial score (nSPS) is 10.7. The van der Waals surface area contributed by atoms with Crippen LogP contribution in [0.25, 0.3) is 0 Å². The van der Waals surface area contributed by atoms with Gasteiger partial charge in [-0.25, -0.2) is 4.79 Å². The molecule has 4 aromatic rings. The average molecular weight is 434 g/mol. The third kappa shape index (κ3) is 6.02. The lowest BCUT2D eigenvalue weighted by atomic mass is 10.1. The van der Waals surface area contributed by atoms with Gasteiger partial charge in [0.25, 0.3) is 5.91 Å². The minimum absolute atomic E-state index is 0.153. The van der Waals surface area contributed by atoms with Gasteiger partial charge in [0.2, 0.25) is 0 Å². The van der Waals surface area contributed by atoms with Gasteiger partial charge in [0.15, 0.2) is 0 Å². The number of benzene rings is 4. The number of ether oxygens (including phenoxy) is 1. The zero-order valence-corrected chi connectivity index (χ0v) is 18.1. The minimum Gasteiger partial charge on any atom is -0.423 e. The molecule has 0 spiro atoms. The molecule has 4 rings (SSSR count). The largest absolute Gasteiger partial charge is 0.423 e. The Balaban J connectivity index is 1.33. The van der Waals surface area contributed by atoms with Gasteiger partial charge in [-0.15, -0.1) is 0 Å². The molecule has 4 aromatic carbocycles. The number of carbonyl (C=O) groups excluding carboxylic acids is 2. The number of amides is 1. The number of esters is 1. The second-order valence-corrected chi connectivity index (χ2v) is 7.45. The number of hydrogen-bond acceptors (Lipinski definition) is 4. The molecule has 0 aromatic heterocycles. The highest BCUT2D eigenvalue weighted by Crippen LogP contribution is 2.18. The lowest BCUT2D eigenvalue weighted by Gasteiger charge is -2.06. The van der Waals surface area contributed by atoms with Crippen LogP contribution in [0.15, 0.2) is 108 Å². The number of aryl methyl sites for hydroxylation is 1. The van der Waals surface area contributed by atoms with Crippen LogP contribution < -0.4 is 10.1 Å². The first-order valence-electron chi connectivity index (χ1n) is 10.5. The summed E-state index contributed by atoms with van der Waals surface area (Å²) in [4.78, 5) is 28.9. The molecule has 0 heterocycles. The predicted molar refractivity (Wildman–Crippen MR) is 131 cm³/mol. The van der Waals surface area contributed by atoms with Gasteiger partial charge in [0, 0.05) is 17.5 Å². The van der Waals surface area contributed by atoms with Crippen LogP contribution >= 0.6 is 0 Å². The molecule has 0 fully saturated rings. The Morgan fingerprint density at radius 1 is 0.758 bits per heavy atom. The maximum atomic E-state index is 12.3. The molecular formula is C28H22N2O3. The molecule has 5 heteroatoms. The highest BCUT2D eigenvalue weighted by molar-refractivity contribution is 6.04. The molecule has 0 saturated carbocycles.